The predicted octanol–water partition coefficient (Wildman–Crippen LogP) is 4.19. The molecule has 2 unspecified atom stereocenters. The number of para-hydroxylation sites is 1. The highest BCUT2D eigenvalue weighted by Gasteiger charge is 2.22. The number of nitrogens with one attached hydrogen (secondary N) is 1. The highest BCUT2D eigenvalue weighted by Crippen LogP contribution is 2.26. The summed E-state index contributed by atoms with van der Waals surface area (Å²) in [7, 11) is 0. The van der Waals surface area contributed by atoms with E-state index < -0.39 is 0 Å². The Bertz CT molecular complexity index is 570. The molecule has 2 atom stereocenters. The van der Waals surface area contributed by atoms with E-state index in [0.29, 0.717) is 0 Å². The first-order chi connectivity index (χ1) is 10.3. The predicted molar refractivity (Wildman–Crippen MR) is 84.8 cm³/mol. The molecule has 0 amide bonds. The van der Waals surface area contributed by atoms with E-state index in [1.165, 1.54) is 6.42 Å². The van der Waals surface area contributed by atoms with Crippen LogP contribution in [0.15, 0.2) is 54.6 Å². The van der Waals surface area contributed by atoms with E-state index in [9.17, 15) is 5.11 Å². The lowest BCUT2D eigenvalue weighted by Gasteiger charge is -2.29. The standard InChI is InChI=1S/C18H21NO2/c20-18-12-5-4-11-17(18)19-14-7-6-10-16(13-14)21-15-8-2-1-3-9-15/h1-3,6-10,13,17-20H,4-5,11-12H2. The second-order valence-electron chi connectivity index (χ2n) is 5.55. The van der Waals surface area contributed by atoms with Gasteiger partial charge in [0, 0.05) is 11.8 Å². The summed E-state index contributed by atoms with van der Waals surface area (Å²) in [5, 5.41) is 13.5. The summed E-state index contributed by atoms with van der Waals surface area (Å²) in [5.74, 6) is 1.63. The zero-order chi connectivity index (χ0) is 14.5. The van der Waals surface area contributed by atoms with Crippen LogP contribution in [-0.2, 0) is 0 Å². The molecule has 3 nitrogen and oxygen atoms in total. The number of aliphatic hydroxyl groups excluding tert-OH is 1. The molecule has 21 heavy (non-hydrogen) atoms. The zero-order valence-corrected chi connectivity index (χ0v) is 12.0. The van der Waals surface area contributed by atoms with Gasteiger partial charge in [-0.3, -0.25) is 0 Å². The lowest BCUT2D eigenvalue weighted by atomic mass is 9.92. The maximum atomic E-state index is 10.0. The van der Waals surface area contributed by atoms with Crippen LogP contribution < -0.4 is 10.1 Å². The van der Waals surface area contributed by atoms with Gasteiger partial charge >= 0.3 is 0 Å². The number of ether oxygens (including phenoxy) is 1. The lowest BCUT2D eigenvalue weighted by Crippen LogP contribution is -2.36. The van der Waals surface area contributed by atoms with Gasteiger partial charge in [-0.15, -0.1) is 0 Å². The average molecular weight is 283 g/mol. The van der Waals surface area contributed by atoms with Crippen LogP contribution >= 0.6 is 0 Å². The summed E-state index contributed by atoms with van der Waals surface area (Å²) in [6.45, 7) is 0. The molecule has 0 bridgehead atoms. The molecule has 3 heteroatoms. The van der Waals surface area contributed by atoms with Crippen LogP contribution in [0.5, 0.6) is 11.5 Å². The van der Waals surface area contributed by atoms with E-state index in [2.05, 4.69) is 5.32 Å². The maximum Gasteiger partial charge on any atom is 0.129 e. The molecule has 0 aliphatic heterocycles. The lowest BCUT2D eigenvalue weighted by molar-refractivity contribution is 0.116. The number of anilines is 1. The Labute approximate surface area is 125 Å². The summed E-state index contributed by atoms with van der Waals surface area (Å²) < 4.78 is 5.83. The molecule has 0 saturated heterocycles. The zero-order valence-electron chi connectivity index (χ0n) is 12.0. The Morgan fingerprint density at radius 2 is 1.67 bits per heavy atom. The molecule has 1 fully saturated rings. The van der Waals surface area contributed by atoms with Gasteiger partial charge in [-0.25, -0.2) is 0 Å². The highest BCUT2D eigenvalue weighted by molar-refractivity contribution is 5.50. The van der Waals surface area contributed by atoms with Crippen molar-refractivity contribution in [1.29, 1.82) is 0 Å². The van der Waals surface area contributed by atoms with E-state index in [-0.39, 0.29) is 12.1 Å². The van der Waals surface area contributed by atoms with Crippen LogP contribution in [0.25, 0.3) is 0 Å². The van der Waals surface area contributed by atoms with E-state index in [0.717, 1.165) is 36.4 Å². The monoisotopic (exact) mass is 283 g/mol. The first kappa shape index (κ1) is 14.0. The van der Waals surface area contributed by atoms with Gasteiger partial charge in [0.1, 0.15) is 11.5 Å². The number of benzene rings is 2. The minimum absolute atomic E-state index is 0.144. The second-order valence-corrected chi connectivity index (χ2v) is 5.55. The summed E-state index contributed by atoms with van der Waals surface area (Å²) >= 11 is 0. The molecule has 1 aliphatic carbocycles. The van der Waals surface area contributed by atoms with Crippen molar-refractivity contribution >= 4 is 5.69 Å². The van der Waals surface area contributed by atoms with Gasteiger partial charge in [-0.1, -0.05) is 37.1 Å². The smallest absolute Gasteiger partial charge is 0.129 e. The molecular weight excluding hydrogens is 262 g/mol. The van der Waals surface area contributed by atoms with Gasteiger partial charge in [-0.05, 0) is 37.1 Å². The second kappa shape index (κ2) is 6.64. The molecular formula is C18H21NO2. The molecule has 110 valence electrons. The molecule has 0 aromatic heterocycles. The van der Waals surface area contributed by atoms with Crippen molar-refractivity contribution in [3.8, 4) is 11.5 Å². The molecule has 2 aromatic carbocycles. The van der Waals surface area contributed by atoms with Crippen molar-refractivity contribution in [1.82, 2.24) is 0 Å². The van der Waals surface area contributed by atoms with Crippen LogP contribution in [0.2, 0.25) is 0 Å². The Kier molecular flexibility index (Phi) is 4.41. The Hall–Kier alpha value is -2.00. The van der Waals surface area contributed by atoms with Crippen LogP contribution in [0.1, 0.15) is 25.7 Å². The minimum atomic E-state index is -0.252. The fourth-order valence-corrected chi connectivity index (χ4v) is 2.77. The molecule has 1 saturated carbocycles. The van der Waals surface area contributed by atoms with Gasteiger partial charge in [0.15, 0.2) is 0 Å². The molecule has 2 aromatic rings. The average Bonchev–Trinajstić information content (AvgIpc) is 2.51. The summed E-state index contributed by atoms with van der Waals surface area (Å²) in [4.78, 5) is 0. The topological polar surface area (TPSA) is 41.5 Å². The number of rotatable bonds is 4. The van der Waals surface area contributed by atoms with Crippen LogP contribution in [0, 0.1) is 0 Å². The fraction of sp³-hybridized carbons (Fsp3) is 0.333. The van der Waals surface area contributed by atoms with Crippen LogP contribution in [0.4, 0.5) is 5.69 Å². The van der Waals surface area contributed by atoms with Crippen molar-refractivity contribution in [2.24, 2.45) is 0 Å². The van der Waals surface area contributed by atoms with Crippen molar-refractivity contribution in [3.05, 3.63) is 54.6 Å². The molecule has 0 spiro atoms. The number of aliphatic hydroxyl groups is 1. The molecule has 2 N–H and O–H groups in total. The molecule has 0 heterocycles. The van der Waals surface area contributed by atoms with Gasteiger partial charge in [0.25, 0.3) is 0 Å². The van der Waals surface area contributed by atoms with Gasteiger partial charge in [0.2, 0.25) is 0 Å². The molecule has 0 radical (unpaired) electrons. The summed E-state index contributed by atoms with van der Waals surface area (Å²) in [6, 6.07) is 17.8. The maximum absolute atomic E-state index is 10.0. The van der Waals surface area contributed by atoms with Gasteiger partial charge < -0.3 is 15.2 Å². The third-order valence-corrected chi connectivity index (χ3v) is 3.89. The summed E-state index contributed by atoms with van der Waals surface area (Å²) in [5.41, 5.74) is 0.995. The molecule has 3 rings (SSSR count). The Morgan fingerprint density at radius 1 is 0.905 bits per heavy atom. The Morgan fingerprint density at radius 3 is 2.48 bits per heavy atom. The van der Waals surface area contributed by atoms with Gasteiger partial charge in [0.05, 0.1) is 12.1 Å². The van der Waals surface area contributed by atoms with Gasteiger partial charge in [-0.2, -0.15) is 0 Å². The minimum Gasteiger partial charge on any atom is -0.457 e. The van der Waals surface area contributed by atoms with E-state index >= 15 is 0 Å². The quantitative estimate of drug-likeness (QED) is 0.884. The summed E-state index contributed by atoms with van der Waals surface area (Å²) in [6.07, 6.45) is 3.95. The molecule has 1 aliphatic rings. The van der Waals surface area contributed by atoms with E-state index in [1.807, 2.05) is 54.6 Å². The fourth-order valence-electron chi connectivity index (χ4n) is 2.77. The normalized spacial score (nSPS) is 21.8. The van der Waals surface area contributed by atoms with Crippen LogP contribution in [0.3, 0.4) is 0 Å². The first-order valence-electron chi connectivity index (χ1n) is 7.59. The van der Waals surface area contributed by atoms with Crippen molar-refractivity contribution in [2.75, 3.05) is 5.32 Å². The first-order valence-corrected chi connectivity index (χ1v) is 7.59. The SMILES string of the molecule is OC1CCCCC1Nc1cccc(Oc2ccccc2)c1. The number of hydrogen-bond acceptors (Lipinski definition) is 3. The third kappa shape index (κ3) is 3.76. The van der Waals surface area contributed by atoms with E-state index in [4.69, 9.17) is 4.74 Å². The van der Waals surface area contributed by atoms with Crippen molar-refractivity contribution in [2.45, 2.75) is 37.8 Å². The van der Waals surface area contributed by atoms with Crippen molar-refractivity contribution in [3.63, 3.8) is 0 Å². The van der Waals surface area contributed by atoms with E-state index in [1.54, 1.807) is 0 Å². The van der Waals surface area contributed by atoms with Crippen LogP contribution in [-0.4, -0.2) is 17.3 Å². The highest BCUT2D eigenvalue weighted by atomic mass is 16.5. The number of hydrogen-bond donors (Lipinski definition) is 2. The largest absolute Gasteiger partial charge is 0.457 e. The third-order valence-electron chi connectivity index (χ3n) is 3.89. The Balaban J connectivity index is 1.68. The van der Waals surface area contributed by atoms with Crippen molar-refractivity contribution < 1.29 is 9.84 Å².